The Kier molecular flexibility index (Phi) is 4.13. The van der Waals surface area contributed by atoms with Crippen LogP contribution < -0.4 is 4.74 Å². The van der Waals surface area contributed by atoms with Crippen LogP contribution >= 0.6 is 11.8 Å². The number of para-hydroxylation sites is 2. The first kappa shape index (κ1) is 15.4. The summed E-state index contributed by atoms with van der Waals surface area (Å²) in [6, 6.07) is 7.02. The molecule has 1 aromatic heterocycles. The molecule has 126 valence electrons. The first-order chi connectivity index (χ1) is 11.7. The number of rotatable bonds is 8. The molecule has 0 spiro atoms. The van der Waals surface area contributed by atoms with E-state index in [-0.39, 0.29) is 5.69 Å². The summed E-state index contributed by atoms with van der Waals surface area (Å²) in [6.45, 7) is 0.395. The van der Waals surface area contributed by atoms with Crippen LogP contribution in [0.4, 0.5) is 5.69 Å². The number of hydrogen-bond acceptors (Lipinski definition) is 6. The molecule has 2 aliphatic carbocycles. The summed E-state index contributed by atoms with van der Waals surface area (Å²) in [5.74, 6) is 2.72. The van der Waals surface area contributed by atoms with E-state index in [2.05, 4.69) is 14.8 Å². The van der Waals surface area contributed by atoms with Crippen LogP contribution in [0, 0.1) is 10.1 Å². The van der Waals surface area contributed by atoms with Gasteiger partial charge in [0.2, 0.25) is 0 Å². The van der Waals surface area contributed by atoms with Crippen molar-refractivity contribution in [2.24, 2.45) is 0 Å². The first-order valence-electron chi connectivity index (χ1n) is 8.18. The molecule has 24 heavy (non-hydrogen) atoms. The molecule has 2 fully saturated rings. The van der Waals surface area contributed by atoms with Crippen LogP contribution in [0.2, 0.25) is 0 Å². The Hall–Kier alpha value is -2.09. The first-order valence-corrected chi connectivity index (χ1v) is 9.16. The molecule has 0 radical (unpaired) electrons. The molecule has 0 bridgehead atoms. The lowest BCUT2D eigenvalue weighted by atomic mass is 10.3. The van der Waals surface area contributed by atoms with Gasteiger partial charge in [-0.25, -0.2) is 0 Å². The summed E-state index contributed by atoms with van der Waals surface area (Å²) in [7, 11) is 0. The van der Waals surface area contributed by atoms with Crippen molar-refractivity contribution < 1.29 is 9.66 Å². The van der Waals surface area contributed by atoms with Crippen molar-refractivity contribution in [1.29, 1.82) is 0 Å². The molecule has 0 atom stereocenters. The molecule has 0 saturated heterocycles. The third-order valence-electron chi connectivity index (χ3n) is 4.18. The minimum absolute atomic E-state index is 0.000308. The van der Waals surface area contributed by atoms with E-state index in [1.807, 2.05) is 0 Å². The summed E-state index contributed by atoms with van der Waals surface area (Å²) < 4.78 is 7.88. The highest BCUT2D eigenvalue weighted by Gasteiger charge is 2.36. The fourth-order valence-corrected chi connectivity index (χ4v) is 3.53. The van der Waals surface area contributed by atoms with Crippen LogP contribution in [-0.2, 0) is 0 Å². The Morgan fingerprint density at radius 2 is 2.04 bits per heavy atom. The van der Waals surface area contributed by atoms with Gasteiger partial charge in [0, 0.05) is 23.8 Å². The zero-order valence-corrected chi connectivity index (χ0v) is 13.9. The lowest BCUT2D eigenvalue weighted by Crippen LogP contribution is -2.05. The van der Waals surface area contributed by atoms with E-state index in [1.54, 1.807) is 30.0 Å². The molecule has 2 aromatic rings. The number of nitrogens with zero attached hydrogens (tertiary/aromatic N) is 4. The summed E-state index contributed by atoms with van der Waals surface area (Å²) in [5.41, 5.74) is -0.000308. The van der Waals surface area contributed by atoms with Gasteiger partial charge in [-0.15, -0.1) is 10.2 Å². The normalized spacial score (nSPS) is 17.0. The van der Waals surface area contributed by atoms with Crippen LogP contribution in [0.3, 0.4) is 0 Å². The van der Waals surface area contributed by atoms with E-state index in [0.717, 1.165) is 11.0 Å². The van der Waals surface area contributed by atoms with E-state index in [4.69, 9.17) is 4.74 Å². The Balaban J connectivity index is 1.36. The summed E-state index contributed by atoms with van der Waals surface area (Å²) in [5, 5.41) is 20.6. The second-order valence-corrected chi connectivity index (χ2v) is 7.20. The van der Waals surface area contributed by atoms with Gasteiger partial charge in [-0.05, 0) is 31.7 Å². The largest absolute Gasteiger partial charge is 0.486 e. The molecule has 1 heterocycles. The zero-order valence-electron chi connectivity index (χ0n) is 13.1. The van der Waals surface area contributed by atoms with Crippen molar-refractivity contribution in [2.45, 2.75) is 42.8 Å². The van der Waals surface area contributed by atoms with Crippen LogP contribution in [0.1, 0.15) is 43.5 Å². The molecule has 8 heteroatoms. The molecule has 4 rings (SSSR count). The Labute approximate surface area is 143 Å². The maximum Gasteiger partial charge on any atom is 0.310 e. The predicted molar refractivity (Wildman–Crippen MR) is 89.6 cm³/mol. The van der Waals surface area contributed by atoms with Crippen molar-refractivity contribution in [3.63, 3.8) is 0 Å². The summed E-state index contributed by atoms with van der Waals surface area (Å²) in [4.78, 5) is 10.6. The number of nitro groups is 1. The van der Waals surface area contributed by atoms with Crippen molar-refractivity contribution in [1.82, 2.24) is 14.8 Å². The highest BCUT2D eigenvalue weighted by molar-refractivity contribution is 7.99. The molecular weight excluding hydrogens is 328 g/mol. The van der Waals surface area contributed by atoms with Crippen molar-refractivity contribution in [3.8, 4) is 5.75 Å². The Morgan fingerprint density at radius 3 is 2.75 bits per heavy atom. The molecule has 2 saturated carbocycles. The molecule has 1 aromatic carbocycles. The number of hydrogen-bond donors (Lipinski definition) is 0. The van der Waals surface area contributed by atoms with Gasteiger partial charge >= 0.3 is 5.69 Å². The third kappa shape index (κ3) is 3.24. The fourth-order valence-electron chi connectivity index (χ4n) is 2.70. The Morgan fingerprint density at radius 1 is 1.25 bits per heavy atom. The van der Waals surface area contributed by atoms with Gasteiger partial charge in [0.15, 0.2) is 10.9 Å². The van der Waals surface area contributed by atoms with Crippen LogP contribution in [0.5, 0.6) is 5.75 Å². The van der Waals surface area contributed by atoms with Gasteiger partial charge in [-0.1, -0.05) is 23.9 Å². The van der Waals surface area contributed by atoms with Gasteiger partial charge in [-0.2, -0.15) is 0 Å². The molecule has 7 nitrogen and oxygen atoms in total. The molecular formula is C16H18N4O3S. The van der Waals surface area contributed by atoms with Gasteiger partial charge in [0.25, 0.3) is 0 Å². The highest BCUT2D eigenvalue weighted by atomic mass is 32.2. The van der Waals surface area contributed by atoms with E-state index < -0.39 is 4.92 Å². The number of thioether (sulfide) groups is 1. The lowest BCUT2D eigenvalue weighted by Gasteiger charge is -2.09. The van der Waals surface area contributed by atoms with E-state index in [9.17, 15) is 10.1 Å². The minimum atomic E-state index is -0.423. The number of aromatic nitrogens is 3. The van der Waals surface area contributed by atoms with Gasteiger partial charge in [-0.3, -0.25) is 10.1 Å². The van der Waals surface area contributed by atoms with E-state index in [0.29, 0.717) is 30.1 Å². The monoisotopic (exact) mass is 346 g/mol. The number of nitro benzene ring substituents is 1. The molecule has 2 aliphatic rings. The summed E-state index contributed by atoms with van der Waals surface area (Å²) in [6.07, 6.45) is 4.85. The second kappa shape index (κ2) is 6.43. The smallest absolute Gasteiger partial charge is 0.310 e. The standard InChI is InChI=1S/C16H18N4O3S/c21-20(22)13-3-1-2-4-14(13)23-9-10-24-16-18-17-15(11-5-6-11)19(16)12-7-8-12/h1-4,11-12H,5-10H2. The van der Waals surface area contributed by atoms with Crippen LogP contribution in [-0.4, -0.2) is 32.0 Å². The molecule has 0 amide bonds. The number of benzene rings is 1. The van der Waals surface area contributed by atoms with Gasteiger partial charge in [0.1, 0.15) is 5.82 Å². The quantitative estimate of drug-likeness (QED) is 0.314. The van der Waals surface area contributed by atoms with Crippen molar-refractivity contribution in [2.75, 3.05) is 12.4 Å². The fraction of sp³-hybridized carbons (Fsp3) is 0.500. The highest BCUT2D eigenvalue weighted by Crippen LogP contribution is 2.45. The van der Waals surface area contributed by atoms with Crippen LogP contribution in [0.15, 0.2) is 29.4 Å². The SMILES string of the molecule is O=[N+]([O-])c1ccccc1OCCSc1nnc(C2CC2)n1C1CC1. The van der Waals surface area contributed by atoms with Crippen LogP contribution in [0.25, 0.3) is 0 Å². The van der Waals surface area contributed by atoms with E-state index in [1.165, 1.54) is 31.7 Å². The Bertz CT molecular complexity index is 756. The van der Waals surface area contributed by atoms with Gasteiger partial charge in [0.05, 0.1) is 11.5 Å². The molecule has 0 N–H and O–H groups in total. The predicted octanol–water partition coefficient (Wildman–Crippen LogP) is 3.57. The van der Waals surface area contributed by atoms with Crippen molar-refractivity contribution in [3.05, 3.63) is 40.2 Å². The topological polar surface area (TPSA) is 83.1 Å². The second-order valence-electron chi connectivity index (χ2n) is 6.14. The summed E-state index contributed by atoms with van der Waals surface area (Å²) >= 11 is 1.61. The van der Waals surface area contributed by atoms with Crippen molar-refractivity contribution >= 4 is 17.4 Å². The van der Waals surface area contributed by atoms with Gasteiger partial charge < -0.3 is 9.30 Å². The number of ether oxygens (including phenoxy) is 1. The average Bonchev–Trinajstić information content (AvgIpc) is 3.50. The van der Waals surface area contributed by atoms with E-state index >= 15 is 0 Å². The average molecular weight is 346 g/mol. The third-order valence-corrected chi connectivity index (χ3v) is 5.09. The maximum atomic E-state index is 11.0. The lowest BCUT2D eigenvalue weighted by molar-refractivity contribution is -0.385. The zero-order chi connectivity index (χ0) is 16.5. The minimum Gasteiger partial charge on any atom is -0.486 e. The molecule has 0 unspecified atom stereocenters. The molecule has 0 aliphatic heterocycles. The maximum absolute atomic E-state index is 11.0.